The molecule has 0 unspecified atom stereocenters. The van der Waals surface area contributed by atoms with Gasteiger partial charge in [0.1, 0.15) is 0 Å². The number of nitrogens with zero attached hydrogens (tertiary/aromatic N) is 1. The first-order valence-corrected chi connectivity index (χ1v) is 7.69. The maximum Gasteiger partial charge on any atom is 0.254 e. The third-order valence-corrected chi connectivity index (χ3v) is 4.27. The minimum Gasteiger partial charge on any atom is -0.334 e. The van der Waals surface area contributed by atoms with Gasteiger partial charge in [-0.3, -0.25) is 4.79 Å². The topological polar surface area (TPSA) is 20.3 Å². The van der Waals surface area contributed by atoms with Gasteiger partial charge in [0.25, 0.3) is 5.91 Å². The quantitative estimate of drug-likeness (QED) is 0.776. The van der Waals surface area contributed by atoms with Crippen molar-refractivity contribution in [3.05, 3.63) is 48.0 Å². The maximum atomic E-state index is 12.7. The molecule has 0 bridgehead atoms. The zero-order valence-corrected chi connectivity index (χ0v) is 12.1. The predicted molar refractivity (Wildman–Crippen MR) is 83.3 cm³/mol. The van der Waals surface area contributed by atoms with Gasteiger partial charge in [-0.25, -0.2) is 0 Å². The Kier molecular flexibility index (Phi) is 3.93. The van der Waals surface area contributed by atoms with Crippen molar-refractivity contribution >= 4 is 28.3 Å². The predicted octanol–water partition coefficient (Wildman–Crippen LogP) is 4.07. The summed E-state index contributed by atoms with van der Waals surface area (Å²) in [5.41, 5.74) is 0.765. The van der Waals surface area contributed by atoms with Crippen LogP contribution in [0.2, 0.25) is 0 Å². The average Bonchev–Trinajstić information content (AvgIpc) is 2.43. The SMILES string of the molecule is O=C(c1ccc2ccccc2c1)N(CCCl)C1CCC1. The zero-order valence-electron chi connectivity index (χ0n) is 11.4. The van der Waals surface area contributed by atoms with Crippen molar-refractivity contribution in [2.45, 2.75) is 25.3 Å². The van der Waals surface area contributed by atoms with Gasteiger partial charge in [0, 0.05) is 24.0 Å². The van der Waals surface area contributed by atoms with E-state index in [-0.39, 0.29) is 5.91 Å². The second-order valence-corrected chi connectivity index (χ2v) is 5.71. The summed E-state index contributed by atoms with van der Waals surface area (Å²) in [5, 5.41) is 2.27. The standard InChI is InChI=1S/C17H18ClNO/c18-10-11-19(16-6-3-7-16)17(20)15-9-8-13-4-1-2-5-14(13)12-15/h1-2,4-5,8-9,12,16H,3,6-7,10-11H2. The van der Waals surface area contributed by atoms with Crippen LogP contribution in [0.3, 0.4) is 0 Å². The largest absolute Gasteiger partial charge is 0.334 e. The molecular weight excluding hydrogens is 270 g/mol. The fraction of sp³-hybridized carbons (Fsp3) is 0.353. The van der Waals surface area contributed by atoms with Crippen molar-refractivity contribution in [1.29, 1.82) is 0 Å². The van der Waals surface area contributed by atoms with Gasteiger partial charge in [-0.1, -0.05) is 30.3 Å². The van der Waals surface area contributed by atoms with Gasteiger partial charge < -0.3 is 4.90 Å². The molecule has 2 aromatic rings. The molecule has 1 saturated carbocycles. The molecule has 0 radical (unpaired) electrons. The van der Waals surface area contributed by atoms with Crippen molar-refractivity contribution < 1.29 is 4.79 Å². The van der Waals surface area contributed by atoms with Crippen LogP contribution in [0, 0.1) is 0 Å². The van der Waals surface area contributed by atoms with Crippen LogP contribution in [0.1, 0.15) is 29.6 Å². The lowest BCUT2D eigenvalue weighted by atomic mass is 9.91. The molecule has 0 heterocycles. The van der Waals surface area contributed by atoms with Crippen LogP contribution in [-0.2, 0) is 0 Å². The van der Waals surface area contributed by atoms with Gasteiger partial charge in [-0.15, -0.1) is 11.6 Å². The van der Waals surface area contributed by atoms with Crippen molar-refractivity contribution in [3.63, 3.8) is 0 Å². The van der Waals surface area contributed by atoms with Gasteiger partial charge in [0.2, 0.25) is 0 Å². The van der Waals surface area contributed by atoms with Crippen molar-refractivity contribution in [2.24, 2.45) is 0 Å². The summed E-state index contributed by atoms with van der Waals surface area (Å²) in [6.07, 6.45) is 3.43. The van der Waals surface area contributed by atoms with Gasteiger partial charge in [0.15, 0.2) is 0 Å². The number of rotatable bonds is 4. The molecule has 1 amide bonds. The summed E-state index contributed by atoms with van der Waals surface area (Å²) < 4.78 is 0. The van der Waals surface area contributed by atoms with Crippen molar-refractivity contribution in [1.82, 2.24) is 4.90 Å². The van der Waals surface area contributed by atoms with E-state index in [4.69, 9.17) is 11.6 Å². The summed E-state index contributed by atoms with van der Waals surface area (Å²) in [4.78, 5) is 14.6. The van der Waals surface area contributed by atoms with Crippen molar-refractivity contribution in [2.75, 3.05) is 12.4 Å². The number of amides is 1. The Balaban J connectivity index is 1.89. The molecule has 0 atom stereocenters. The van der Waals surface area contributed by atoms with Gasteiger partial charge >= 0.3 is 0 Å². The summed E-state index contributed by atoms with van der Waals surface area (Å²) in [7, 11) is 0. The molecule has 0 N–H and O–H groups in total. The van der Waals surface area contributed by atoms with Crippen LogP contribution in [0.5, 0.6) is 0 Å². The van der Waals surface area contributed by atoms with E-state index in [9.17, 15) is 4.79 Å². The molecule has 1 aliphatic carbocycles. The molecule has 0 spiro atoms. The van der Waals surface area contributed by atoms with E-state index in [1.807, 2.05) is 41.3 Å². The molecule has 104 valence electrons. The Hall–Kier alpha value is -1.54. The molecule has 0 saturated heterocycles. The minimum atomic E-state index is 0.112. The first-order chi connectivity index (χ1) is 9.79. The van der Waals surface area contributed by atoms with E-state index in [1.165, 1.54) is 6.42 Å². The fourth-order valence-electron chi connectivity index (χ4n) is 2.73. The number of halogens is 1. The Morgan fingerprint density at radius 3 is 2.55 bits per heavy atom. The van der Waals surface area contributed by atoms with Crippen molar-refractivity contribution in [3.8, 4) is 0 Å². The average molecular weight is 288 g/mol. The van der Waals surface area contributed by atoms with Crippen LogP contribution in [0.4, 0.5) is 0 Å². The maximum absolute atomic E-state index is 12.7. The monoisotopic (exact) mass is 287 g/mol. The molecular formula is C17H18ClNO. The van der Waals surface area contributed by atoms with E-state index in [2.05, 4.69) is 6.07 Å². The normalized spacial score (nSPS) is 15.1. The van der Waals surface area contributed by atoms with E-state index >= 15 is 0 Å². The van der Waals surface area contributed by atoms with E-state index in [0.29, 0.717) is 18.5 Å². The molecule has 1 fully saturated rings. The lowest BCUT2D eigenvalue weighted by molar-refractivity contribution is 0.0598. The van der Waals surface area contributed by atoms with E-state index < -0.39 is 0 Å². The highest BCUT2D eigenvalue weighted by Crippen LogP contribution is 2.27. The Morgan fingerprint density at radius 1 is 1.15 bits per heavy atom. The lowest BCUT2D eigenvalue weighted by Crippen LogP contribution is -2.45. The highest BCUT2D eigenvalue weighted by Gasteiger charge is 2.28. The Labute approximate surface area is 124 Å². The number of fused-ring (bicyclic) bond motifs is 1. The van der Waals surface area contributed by atoms with Crippen LogP contribution < -0.4 is 0 Å². The lowest BCUT2D eigenvalue weighted by Gasteiger charge is -2.37. The zero-order chi connectivity index (χ0) is 13.9. The number of hydrogen-bond acceptors (Lipinski definition) is 1. The molecule has 20 heavy (non-hydrogen) atoms. The number of alkyl halides is 1. The number of hydrogen-bond donors (Lipinski definition) is 0. The second kappa shape index (κ2) is 5.84. The van der Waals surface area contributed by atoms with Gasteiger partial charge in [-0.2, -0.15) is 0 Å². The molecule has 3 heteroatoms. The number of benzene rings is 2. The molecule has 2 aromatic carbocycles. The summed E-state index contributed by atoms with van der Waals surface area (Å²) >= 11 is 5.85. The first-order valence-electron chi connectivity index (χ1n) is 7.15. The van der Waals surface area contributed by atoms with Crippen LogP contribution in [0.25, 0.3) is 10.8 Å². The molecule has 2 nitrogen and oxygen atoms in total. The number of carbonyl (C=O) groups excluding carboxylic acids is 1. The second-order valence-electron chi connectivity index (χ2n) is 5.33. The third kappa shape index (κ3) is 2.53. The smallest absolute Gasteiger partial charge is 0.254 e. The molecule has 3 rings (SSSR count). The molecule has 0 aromatic heterocycles. The first kappa shape index (κ1) is 13.4. The third-order valence-electron chi connectivity index (χ3n) is 4.10. The summed E-state index contributed by atoms with van der Waals surface area (Å²) in [6.45, 7) is 0.637. The Bertz CT molecular complexity index is 621. The van der Waals surface area contributed by atoms with Crippen LogP contribution in [0.15, 0.2) is 42.5 Å². The minimum absolute atomic E-state index is 0.112. The number of carbonyl (C=O) groups is 1. The highest BCUT2D eigenvalue weighted by molar-refractivity contribution is 6.18. The van der Waals surface area contributed by atoms with Gasteiger partial charge in [-0.05, 0) is 42.2 Å². The Morgan fingerprint density at radius 2 is 1.90 bits per heavy atom. The van der Waals surface area contributed by atoms with Crippen LogP contribution in [-0.4, -0.2) is 29.3 Å². The van der Waals surface area contributed by atoms with E-state index in [0.717, 1.165) is 29.2 Å². The summed E-state index contributed by atoms with van der Waals surface area (Å²) in [6, 6.07) is 14.4. The highest BCUT2D eigenvalue weighted by atomic mass is 35.5. The summed E-state index contributed by atoms with van der Waals surface area (Å²) in [5.74, 6) is 0.608. The van der Waals surface area contributed by atoms with E-state index in [1.54, 1.807) is 0 Å². The molecule has 0 aliphatic heterocycles. The molecule has 1 aliphatic rings. The fourth-order valence-corrected chi connectivity index (χ4v) is 2.91. The van der Waals surface area contributed by atoms with Gasteiger partial charge in [0.05, 0.1) is 0 Å². The van der Waals surface area contributed by atoms with Crippen LogP contribution >= 0.6 is 11.6 Å².